The van der Waals surface area contributed by atoms with Crippen LogP contribution in [0.4, 0.5) is 5.95 Å². The van der Waals surface area contributed by atoms with Crippen LogP contribution in [0.1, 0.15) is 50.9 Å². The van der Waals surface area contributed by atoms with Crippen molar-refractivity contribution in [3.8, 4) is 0 Å². The lowest BCUT2D eigenvalue weighted by molar-refractivity contribution is 0.362. The van der Waals surface area contributed by atoms with E-state index in [9.17, 15) is 0 Å². The van der Waals surface area contributed by atoms with E-state index in [1.54, 1.807) is 0 Å². The van der Waals surface area contributed by atoms with Crippen LogP contribution in [-0.2, 0) is 0 Å². The van der Waals surface area contributed by atoms with Gasteiger partial charge in [0.2, 0.25) is 5.95 Å². The largest absolute Gasteiger partial charge is 0.337 e. The SMILES string of the molecule is Cc1cc(C(C)C)nc(N2CCC(C)CC2CN)n1. The van der Waals surface area contributed by atoms with Crippen molar-refractivity contribution in [1.29, 1.82) is 0 Å². The second-order valence-electron chi connectivity index (χ2n) is 6.10. The molecule has 4 heteroatoms. The maximum absolute atomic E-state index is 5.93. The van der Waals surface area contributed by atoms with Crippen molar-refractivity contribution < 1.29 is 0 Å². The Balaban J connectivity index is 2.29. The Morgan fingerprint density at radius 1 is 1.42 bits per heavy atom. The number of hydrogen-bond donors (Lipinski definition) is 1. The van der Waals surface area contributed by atoms with Crippen LogP contribution < -0.4 is 10.6 Å². The van der Waals surface area contributed by atoms with E-state index in [0.29, 0.717) is 18.5 Å². The van der Waals surface area contributed by atoms with Crippen molar-refractivity contribution in [2.45, 2.75) is 52.5 Å². The Morgan fingerprint density at radius 2 is 2.16 bits per heavy atom. The van der Waals surface area contributed by atoms with Gasteiger partial charge in [-0.1, -0.05) is 20.8 Å². The number of piperidine rings is 1. The molecule has 1 saturated heterocycles. The van der Waals surface area contributed by atoms with Crippen molar-refractivity contribution in [3.05, 3.63) is 17.5 Å². The van der Waals surface area contributed by atoms with Crippen LogP contribution in [0, 0.1) is 12.8 Å². The minimum absolute atomic E-state index is 0.380. The van der Waals surface area contributed by atoms with Crippen LogP contribution in [-0.4, -0.2) is 29.1 Å². The first-order chi connectivity index (χ1) is 9.01. The smallest absolute Gasteiger partial charge is 0.226 e. The molecule has 0 amide bonds. The van der Waals surface area contributed by atoms with Gasteiger partial charge in [0.1, 0.15) is 0 Å². The lowest BCUT2D eigenvalue weighted by Gasteiger charge is -2.38. The molecule has 2 rings (SSSR count). The Labute approximate surface area is 116 Å². The topological polar surface area (TPSA) is 55.0 Å². The summed E-state index contributed by atoms with van der Waals surface area (Å²) in [6.07, 6.45) is 2.34. The van der Waals surface area contributed by atoms with Crippen molar-refractivity contribution in [2.75, 3.05) is 18.0 Å². The standard InChI is InChI=1S/C15H26N4/c1-10(2)14-8-12(4)17-15(18-14)19-6-5-11(3)7-13(19)9-16/h8,10-11,13H,5-7,9,16H2,1-4H3. The van der Waals surface area contributed by atoms with Crippen molar-refractivity contribution in [3.63, 3.8) is 0 Å². The van der Waals surface area contributed by atoms with E-state index in [1.807, 2.05) is 6.92 Å². The van der Waals surface area contributed by atoms with E-state index >= 15 is 0 Å². The fourth-order valence-electron chi connectivity index (χ4n) is 2.74. The van der Waals surface area contributed by atoms with Crippen LogP contribution in [0.2, 0.25) is 0 Å². The van der Waals surface area contributed by atoms with Gasteiger partial charge in [-0.3, -0.25) is 0 Å². The molecule has 1 aliphatic heterocycles. The lowest BCUT2D eigenvalue weighted by atomic mass is 9.93. The highest BCUT2D eigenvalue weighted by Crippen LogP contribution is 2.26. The lowest BCUT2D eigenvalue weighted by Crippen LogP contribution is -2.47. The van der Waals surface area contributed by atoms with Crippen molar-refractivity contribution in [1.82, 2.24) is 9.97 Å². The first-order valence-electron chi connectivity index (χ1n) is 7.33. The predicted octanol–water partition coefficient (Wildman–Crippen LogP) is 2.47. The van der Waals surface area contributed by atoms with E-state index < -0.39 is 0 Å². The van der Waals surface area contributed by atoms with Crippen LogP contribution in [0.15, 0.2) is 6.07 Å². The molecule has 1 fully saturated rings. The zero-order valence-electron chi connectivity index (χ0n) is 12.6. The zero-order chi connectivity index (χ0) is 14.0. The summed E-state index contributed by atoms with van der Waals surface area (Å²) in [5, 5.41) is 0. The molecule has 1 aromatic rings. The Morgan fingerprint density at radius 3 is 2.79 bits per heavy atom. The summed E-state index contributed by atoms with van der Waals surface area (Å²) >= 11 is 0. The average Bonchev–Trinajstić information content (AvgIpc) is 2.37. The second-order valence-corrected chi connectivity index (χ2v) is 6.10. The summed E-state index contributed by atoms with van der Waals surface area (Å²) in [6, 6.07) is 2.46. The minimum Gasteiger partial charge on any atom is -0.337 e. The number of hydrogen-bond acceptors (Lipinski definition) is 4. The van der Waals surface area contributed by atoms with Crippen molar-refractivity contribution in [2.24, 2.45) is 11.7 Å². The molecule has 0 aliphatic carbocycles. The molecule has 2 atom stereocenters. The Bertz CT molecular complexity index is 430. The number of aryl methyl sites for hydroxylation is 1. The van der Waals surface area contributed by atoms with Gasteiger partial charge in [0.25, 0.3) is 0 Å². The van der Waals surface area contributed by atoms with E-state index in [4.69, 9.17) is 10.7 Å². The second kappa shape index (κ2) is 5.87. The molecule has 1 aliphatic rings. The van der Waals surface area contributed by atoms with Gasteiger partial charge >= 0.3 is 0 Å². The molecule has 4 nitrogen and oxygen atoms in total. The number of anilines is 1. The van der Waals surface area contributed by atoms with Crippen LogP contribution in [0.25, 0.3) is 0 Å². The van der Waals surface area contributed by atoms with Gasteiger partial charge in [0, 0.05) is 30.5 Å². The summed E-state index contributed by atoms with van der Waals surface area (Å²) in [6.45, 7) is 10.4. The summed E-state index contributed by atoms with van der Waals surface area (Å²) in [7, 11) is 0. The van der Waals surface area contributed by atoms with Crippen LogP contribution in [0.5, 0.6) is 0 Å². The maximum atomic E-state index is 5.93. The summed E-state index contributed by atoms with van der Waals surface area (Å²) in [4.78, 5) is 11.7. The van der Waals surface area contributed by atoms with Gasteiger partial charge < -0.3 is 10.6 Å². The van der Waals surface area contributed by atoms with Gasteiger partial charge in [-0.25, -0.2) is 9.97 Å². The molecule has 2 N–H and O–H groups in total. The fourth-order valence-corrected chi connectivity index (χ4v) is 2.74. The molecule has 0 aromatic carbocycles. The zero-order valence-corrected chi connectivity index (χ0v) is 12.6. The molecule has 2 unspecified atom stereocenters. The molecule has 0 bridgehead atoms. The van der Waals surface area contributed by atoms with Crippen molar-refractivity contribution >= 4 is 5.95 Å². The average molecular weight is 262 g/mol. The Kier molecular flexibility index (Phi) is 4.40. The highest BCUT2D eigenvalue weighted by atomic mass is 15.3. The highest BCUT2D eigenvalue weighted by Gasteiger charge is 2.27. The molecular formula is C15H26N4. The first-order valence-corrected chi connectivity index (χ1v) is 7.33. The maximum Gasteiger partial charge on any atom is 0.226 e. The molecule has 0 saturated carbocycles. The van der Waals surface area contributed by atoms with Gasteiger partial charge in [-0.2, -0.15) is 0 Å². The monoisotopic (exact) mass is 262 g/mol. The number of nitrogens with zero attached hydrogens (tertiary/aromatic N) is 3. The fraction of sp³-hybridized carbons (Fsp3) is 0.733. The third kappa shape index (κ3) is 3.24. The molecule has 2 heterocycles. The number of rotatable bonds is 3. The molecule has 0 radical (unpaired) electrons. The summed E-state index contributed by atoms with van der Waals surface area (Å²) < 4.78 is 0. The van der Waals surface area contributed by atoms with E-state index in [-0.39, 0.29) is 0 Å². The normalized spacial score (nSPS) is 24.0. The number of aromatic nitrogens is 2. The quantitative estimate of drug-likeness (QED) is 0.909. The minimum atomic E-state index is 0.380. The first kappa shape index (κ1) is 14.3. The Hall–Kier alpha value is -1.16. The molecular weight excluding hydrogens is 236 g/mol. The van der Waals surface area contributed by atoms with E-state index in [0.717, 1.165) is 36.2 Å². The van der Waals surface area contributed by atoms with Gasteiger partial charge in [0.05, 0.1) is 0 Å². The van der Waals surface area contributed by atoms with Crippen LogP contribution >= 0.6 is 0 Å². The molecule has 106 valence electrons. The third-order valence-corrected chi connectivity index (χ3v) is 3.96. The van der Waals surface area contributed by atoms with Gasteiger partial charge in [-0.05, 0) is 37.7 Å². The van der Waals surface area contributed by atoms with Gasteiger partial charge in [-0.15, -0.1) is 0 Å². The number of nitrogens with two attached hydrogens (primary N) is 1. The van der Waals surface area contributed by atoms with E-state index in [1.165, 1.54) is 6.42 Å². The third-order valence-electron chi connectivity index (χ3n) is 3.96. The van der Waals surface area contributed by atoms with Crippen LogP contribution in [0.3, 0.4) is 0 Å². The summed E-state index contributed by atoms with van der Waals surface area (Å²) in [5.41, 5.74) is 8.10. The predicted molar refractivity (Wildman–Crippen MR) is 79.4 cm³/mol. The summed E-state index contributed by atoms with van der Waals surface area (Å²) in [5.74, 6) is 2.05. The highest BCUT2D eigenvalue weighted by molar-refractivity contribution is 5.35. The van der Waals surface area contributed by atoms with E-state index in [2.05, 4.69) is 36.7 Å². The van der Waals surface area contributed by atoms with Gasteiger partial charge in [0.15, 0.2) is 0 Å². The molecule has 19 heavy (non-hydrogen) atoms. The molecule has 0 spiro atoms. The molecule has 1 aromatic heterocycles.